The number of para-hydroxylation sites is 1. The maximum Gasteiger partial charge on any atom is 0.253 e. The number of imidazole rings is 1. The number of amides is 1. The number of rotatable bonds is 3. The highest BCUT2D eigenvalue weighted by Gasteiger charge is 2.13. The Labute approximate surface area is 167 Å². The average molecular weight is 382 g/mol. The molecule has 0 fully saturated rings. The molecule has 1 amide bonds. The molecule has 142 valence electrons. The Bertz CT molecular complexity index is 1310. The molecule has 0 aliphatic heterocycles. The molecule has 2 aromatic carbocycles. The molecule has 3 heterocycles. The Morgan fingerprint density at radius 1 is 1.00 bits per heavy atom. The van der Waals surface area contributed by atoms with Crippen molar-refractivity contribution in [3.63, 3.8) is 0 Å². The highest BCUT2D eigenvalue weighted by atomic mass is 16.3. The molecule has 6 nitrogen and oxygen atoms in total. The minimum absolute atomic E-state index is 0.0262. The predicted octanol–water partition coefficient (Wildman–Crippen LogP) is 4.51. The van der Waals surface area contributed by atoms with Gasteiger partial charge in [0, 0.05) is 36.8 Å². The topological polar surface area (TPSA) is 63.6 Å². The molecule has 0 aliphatic carbocycles. The van der Waals surface area contributed by atoms with Gasteiger partial charge in [0.15, 0.2) is 11.4 Å². The van der Waals surface area contributed by atoms with Crippen molar-refractivity contribution in [3.8, 4) is 22.7 Å². The highest BCUT2D eigenvalue weighted by Crippen LogP contribution is 2.29. The van der Waals surface area contributed by atoms with Crippen molar-refractivity contribution in [2.45, 2.75) is 0 Å². The van der Waals surface area contributed by atoms with Gasteiger partial charge < -0.3 is 9.32 Å². The predicted molar refractivity (Wildman–Crippen MR) is 112 cm³/mol. The summed E-state index contributed by atoms with van der Waals surface area (Å²) in [6.45, 7) is 0. The first-order chi connectivity index (χ1) is 14.1. The van der Waals surface area contributed by atoms with Gasteiger partial charge in [-0.15, -0.1) is 0 Å². The summed E-state index contributed by atoms with van der Waals surface area (Å²) in [5.74, 6) is 0.726. The fourth-order valence-electron chi connectivity index (χ4n) is 3.37. The van der Waals surface area contributed by atoms with E-state index in [9.17, 15) is 4.79 Å². The molecule has 6 heteroatoms. The minimum atomic E-state index is -0.0262. The van der Waals surface area contributed by atoms with Crippen molar-refractivity contribution in [2.24, 2.45) is 0 Å². The number of nitrogens with zero attached hydrogens (tertiary/aromatic N) is 4. The maximum absolute atomic E-state index is 12.1. The summed E-state index contributed by atoms with van der Waals surface area (Å²) < 4.78 is 7.98. The molecule has 0 radical (unpaired) electrons. The number of hydrogen-bond acceptors (Lipinski definition) is 4. The van der Waals surface area contributed by atoms with Gasteiger partial charge >= 0.3 is 0 Å². The molecule has 0 N–H and O–H groups in total. The first kappa shape index (κ1) is 17.2. The number of benzene rings is 2. The van der Waals surface area contributed by atoms with Crippen LogP contribution in [0.25, 0.3) is 39.3 Å². The summed E-state index contributed by atoms with van der Waals surface area (Å²) in [6, 6.07) is 17.4. The summed E-state index contributed by atoms with van der Waals surface area (Å²) in [5, 5.41) is 1.05. The van der Waals surface area contributed by atoms with Gasteiger partial charge in [0.1, 0.15) is 11.3 Å². The normalized spacial score (nSPS) is 11.2. The summed E-state index contributed by atoms with van der Waals surface area (Å²) in [5.41, 5.74) is 4.80. The lowest BCUT2D eigenvalue weighted by atomic mass is 10.1. The molecule has 0 saturated carbocycles. The standard InChI is InChI=1S/C23H18N4O2/c1-26(2)23(28)16-9-7-15(8-10-16)18-14-27-19(12-25-22(27)13-24-18)21-11-17-5-3-4-6-20(17)29-21/h3-14H,1-2H3. The Hall–Kier alpha value is -3.93. The monoisotopic (exact) mass is 382 g/mol. The van der Waals surface area contributed by atoms with Crippen molar-refractivity contribution in [1.29, 1.82) is 0 Å². The fraction of sp³-hybridized carbons (Fsp3) is 0.0870. The number of aromatic nitrogens is 3. The van der Waals surface area contributed by atoms with Gasteiger partial charge in [0.2, 0.25) is 0 Å². The summed E-state index contributed by atoms with van der Waals surface area (Å²) >= 11 is 0. The first-order valence-corrected chi connectivity index (χ1v) is 9.24. The van der Waals surface area contributed by atoms with Crippen LogP contribution < -0.4 is 0 Å². The Balaban J connectivity index is 1.56. The second-order valence-electron chi connectivity index (χ2n) is 7.07. The van der Waals surface area contributed by atoms with Crippen LogP contribution in [0.2, 0.25) is 0 Å². The van der Waals surface area contributed by atoms with Crippen LogP contribution in [0.15, 0.2) is 77.6 Å². The molecule has 0 unspecified atom stereocenters. The summed E-state index contributed by atoms with van der Waals surface area (Å²) in [6.07, 6.45) is 5.46. The third-order valence-electron chi connectivity index (χ3n) is 4.91. The second kappa shape index (κ2) is 6.60. The highest BCUT2D eigenvalue weighted by molar-refractivity contribution is 5.94. The van der Waals surface area contributed by atoms with Crippen molar-refractivity contribution in [2.75, 3.05) is 14.1 Å². The number of furan rings is 1. The smallest absolute Gasteiger partial charge is 0.253 e. The largest absolute Gasteiger partial charge is 0.454 e. The maximum atomic E-state index is 12.1. The lowest BCUT2D eigenvalue weighted by molar-refractivity contribution is 0.0827. The molecule has 0 spiro atoms. The molecule has 3 aromatic heterocycles. The van der Waals surface area contributed by atoms with Gasteiger partial charge in [-0.3, -0.25) is 14.2 Å². The summed E-state index contributed by atoms with van der Waals surface area (Å²) in [7, 11) is 3.48. The number of carbonyl (C=O) groups excluding carboxylic acids is 1. The van der Waals surface area contributed by atoms with Crippen LogP contribution >= 0.6 is 0 Å². The van der Waals surface area contributed by atoms with Gasteiger partial charge in [-0.1, -0.05) is 30.3 Å². The van der Waals surface area contributed by atoms with Gasteiger partial charge in [-0.05, 0) is 24.3 Å². The van der Waals surface area contributed by atoms with Crippen LogP contribution in [0.1, 0.15) is 10.4 Å². The van der Waals surface area contributed by atoms with Gasteiger partial charge in [-0.2, -0.15) is 0 Å². The molecule has 0 saturated heterocycles. The van der Waals surface area contributed by atoms with Crippen LogP contribution in [0.4, 0.5) is 0 Å². The lowest BCUT2D eigenvalue weighted by Gasteiger charge is -2.10. The van der Waals surface area contributed by atoms with E-state index in [0.29, 0.717) is 5.56 Å². The van der Waals surface area contributed by atoms with E-state index < -0.39 is 0 Å². The third-order valence-corrected chi connectivity index (χ3v) is 4.91. The molecular formula is C23H18N4O2. The molecule has 0 aliphatic rings. The zero-order valence-electron chi connectivity index (χ0n) is 16.0. The quantitative estimate of drug-likeness (QED) is 0.460. The Kier molecular flexibility index (Phi) is 3.91. The van der Waals surface area contributed by atoms with Crippen LogP contribution in [0.3, 0.4) is 0 Å². The van der Waals surface area contributed by atoms with E-state index in [4.69, 9.17) is 4.42 Å². The van der Waals surface area contributed by atoms with Crippen LogP contribution in [-0.4, -0.2) is 39.3 Å². The van der Waals surface area contributed by atoms with E-state index in [1.807, 2.05) is 65.2 Å². The SMILES string of the molecule is CN(C)C(=O)c1ccc(-c2cn3c(-c4cc5ccccc5o4)cnc3cn2)cc1. The zero-order chi connectivity index (χ0) is 20.0. The Morgan fingerprint density at radius 2 is 1.79 bits per heavy atom. The lowest BCUT2D eigenvalue weighted by Crippen LogP contribution is -2.21. The minimum Gasteiger partial charge on any atom is -0.454 e. The summed E-state index contributed by atoms with van der Waals surface area (Å²) in [4.78, 5) is 22.6. The van der Waals surface area contributed by atoms with Crippen LogP contribution in [0.5, 0.6) is 0 Å². The van der Waals surface area contributed by atoms with E-state index in [1.54, 1.807) is 31.4 Å². The van der Waals surface area contributed by atoms with Gasteiger partial charge in [0.05, 0.1) is 18.1 Å². The van der Waals surface area contributed by atoms with Gasteiger partial charge in [-0.25, -0.2) is 4.98 Å². The first-order valence-electron chi connectivity index (χ1n) is 9.24. The average Bonchev–Trinajstić information content (AvgIpc) is 3.36. The van der Waals surface area contributed by atoms with Crippen molar-refractivity contribution >= 4 is 22.5 Å². The van der Waals surface area contributed by atoms with E-state index in [0.717, 1.165) is 39.3 Å². The van der Waals surface area contributed by atoms with E-state index >= 15 is 0 Å². The zero-order valence-corrected chi connectivity index (χ0v) is 16.0. The molecule has 0 bridgehead atoms. The second-order valence-corrected chi connectivity index (χ2v) is 7.07. The van der Waals surface area contributed by atoms with E-state index in [1.165, 1.54) is 0 Å². The van der Waals surface area contributed by atoms with Crippen LogP contribution in [-0.2, 0) is 0 Å². The van der Waals surface area contributed by atoms with Crippen molar-refractivity contribution in [3.05, 3.63) is 78.8 Å². The van der Waals surface area contributed by atoms with E-state index in [-0.39, 0.29) is 5.91 Å². The third kappa shape index (κ3) is 2.95. The molecule has 5 rings (SSSR count). The van der Waals surface area contributed by atoms with Crippen LogP contribution in [0, 0.1) is 0 Å². The number of hydrogen-bond donors (Lipinski definition) is 0. The molecule has 5 aromatic rings. The molecule has 0 atom stereocenters. The molecule has 29 heavy (non-hydrogen) atoms. The van der Waals surface area contributed by atoms with Crippen molar-refractivity contribution in [1.82, 2.24) is 19.3 Å². The Morgan fingerprint density at radius 3 is 2.55 bits per heavy atom. The number of carbonyl (C=O) groups is 1. The van der Waals surface area contributed by atoms with E-state index in [2.05, 4.69) is 9.97 Å². The molecular weight excluding hydrogens is 364 g/mol. The fourth-order valence-corrected chi connectivity index (χ4v) is 3.37. The number of fused-ring (bicyclic) bond motifs is 2. The van der Waals surface area contributed by atoms with Gasteiger partial charge in [0.25, 0.3) is 5.91 Å². The van der Waals surface area contributed by atoms with Crippen molar-refractivity contribution < 1.29 is 9.21 Å².